The van der Waals surface area contributed by atoms with Crippen LogP contribution in [0, 0.1) is 7.14 Å². The molecule has 1 atom stereocenters. The minimum Gasteiger partial charge on any atom is -0.327 e. The maximum atomic E-state index is 12.0. The Balaban J connectivity index is 1.68. The van der Waals surface area contributed by atoms with E-state index in [9.17, 15) is 38.9 Å². The van der Waals surface area contributed by atoms with Gasteiger partial charge in [-0.1, -0.05) is 48.6 Å². The van der Waals surface area contributed by atoms with Crippen LogP contribution in [0.4, 0.5) is 11.4 Å². The van der Waals surface area contributed by atoms with Crippen LogP contribution in [0.3, 0.4) is 0 Å². The monoisotopic (exact) mass is 901 g/mol. The van der Waals surface area contributed by atoms with Gasteiger partial charge in [-0.3, -0.25) is 13.7 Å². The fourth-order valence-electron chi connectivity index (χ4n) is 5.91. The number of anilines is 1. The lowest BCUT2D eigenvalue weighted by Crippen LogP contribution is -2.36. The van der Waals surface area contributed by atoms with Crippen molar-refractivity contribution in [1.29, 1.82) is 0 Å². The molecule has 45 heavy (non-hydrogen) atoms. The summed E-state index contributed by atoms with van der Waals surface area (Å²) in [5, 5.41) is 0. The van der Waals surface area contributed by atoms with Crippen LogP contribution in [-0.2, 0) is 41.2 Å². The first-order chi connectivity index (χ1) is 20.6. The number of benzene rings is 2. The van der Waals surface area contributed by atoms with Crippen molar-refractivity contribution in [2.75, 3.05) is 22.4 Å². The molecule has 242 valence electrons. The lowest BCUT2D eigenvalue weighted by molar-refractivity contribution is -0.416. The first-order valence-electron chi connectivity index (χ1n) is 13.2. The molecule has 0 spiro atoms. The summed E-state index contributed by atoms with van der Waals surface area (Å²) in [6.45, 7) is 5.52. The third-order valence-corrected chi connectivity index (χ3v) is 11.1. The molecule has 2 aromatic carbocycles. The highest BCUT2D eigenvalue weighted by atomic mass is 127. The van der Waals surface area contributed by atoms with Crippen molar-refractivity contribution in [3.8, 4) is 0 Å². The van der Waals surface area contributed by atoms with Crippen LogP contribution in [0.2, 0.25) is 0 Å². The minimum absolute atomic E-state index is 0.241. The van der Waals surface area contributed by atoms with E-state index in [1.54, 1.807) is 72.2 Å². The fourth-order valence-corrected chi connectivity index (χ4v) is 10.6. The van der Waals surface area contributed by atoms with Crippen molar-refractivity contribution in [3.63, 3.8) is 0 Å². The third-order valence-electron chi connectivity index (χ3n) is 7.53. The zero-order chi connectivity index (χ0) is 33.6. The molecule has 4 rings (SSSR count). The number of fused-ring (bicyclic) bond motifs is 2. The summed E-state index contributed by atoms with van der Waals surface area (Å²) >= 11 is 4.38. The summed E-state index contributed by atoms with van der Waals surface area (Å²) in [5.41, 5.74) is 1.51. The second-order valence-corrected chi connectivity index (χ2v) is 18.0. The van der Waals surface area contributed by atoms with E-state index in [2.05, 4.69) is 45.2 Å². The summed E-state index contributed by atoms with van der Waals surface area (Å²) < 4.78 is 104. The molecule has 0 saturated heterocycles. The molecule has 0 fully saturated rings. The van der Waals surface area contributed by atoms with Crippen LogP contribution in [0.15, 0.2) is 84.6 Å². The van der Waals surface area contributed by atoms with Gasteiger partial charge < -0.3 is 4.90 Å². The summed E-state index contributed by atoms with van der Waals surface area (Å²) in [5.74, 6) is -2.15. The Kier molecular flexibility index (Phi) is 10.3. The molecular formula is C29H31I2N2O9S3+. The predicted octanol–water partition coefficient (Wildman–Crippen LogP) is 5.18. The maximum Gasteiger partial charge on any atom is 0.326 e. The molecule has 0 aromatic heterocycles. The van der Waals surface area contributed by atoms with Gasteiger partial charge in [-0.05, 0) is 89.7 Å². The first kappa shape index (κ1) is 35.9. The quantitative estimate of drug-likeness (QED) is 0.125. The zero-order valence-electron chi connectivity index (χ0n) is 24.3. The number of allylic oxidation sites excluding steroid dienone is 8. The number of hydrogen-bond acceptors (Lipinski definition) is 7. The van der Waals surface area contributed by atoms with Crippen molar-refractivity contribution in [2.45, 2.75) is 31.6 Å². The second kappa shape index (κ2) is 12.9. The van der Waals surface area contributed by atoms with Gasteiger partial charge >= 0.3 is 10.1 Å². The minimum atomic E-state index is -4.51. The van der Waals surface area contributed by atoms with Crippen LogP contribution in [0.25, 0.3) is 0 Å². The van der Waals surface area contributed by atoms with E-state index in [1.165, 1.54) is 11.0 Å². The molecule has 0 aliphatic carbocycles. The highest BCUT2D eigenvalue weighted by molar-refractivity contribution is 14.1. The average Bonchev–Trinajstić information content (AvgIpc) is 3.20. The number of rotatable bonds is 10. The Labute approximate surface area is 290 Å². The van der Waals surface area contributed by atoms with Crippen molar-refractivity contribution >= 4 is 92.6 Å². The number of halogens is 2. The summed E-state index contributed by atoms with van der Waals surface area (Å²) in [6.07, 6.45) is 11.6. The smallest absolute Gasteiger partial charge is 0.326 e. The largest absolute Gasteiger partial charge is 0.327 e. The lowest BCUT2D eigenvalue weighted by atomic mass is 9.81. The molecule has 0 amide bonds. The number of hydrogen-bond donors (Lipinski definition) is 3. The van der Waals surface area contributed by atoms with Gasteiger partial charge in [0.05, 0.1) is 22.1 Å². The molecule has 16 heteroatoms. The van der Waals surface area contributed by atoms with Crippen molar-refractivity contribution in [1.82, 2.24) is 0 Å². The molecule has 2 heterocycles. The molecule has 0 saturated carbocycles. The number of para-hydroxylation sites is 1. The van der Waals surface area contributed by atoms with Crippen LogP contribution in [0.1, 0.15) is 31.9 Å². The highest BCUT2D eigenvalue weighted by Crippen LogP contribution is 2.49. The Morgan fingerprint density at radius 2 is 1.47 bits per heavy atom. The predicted molar refractivity (Wildman–Crippen MR) is 191 cm³/mol. The molecular weight excluding hydrogens is 870 g/mol. The van der Waals surface area contributed by atoms with Crippen LogP contribution in [-0.4, -0.2) is 66.7 Å². The molecule has 2 aromatic rings. The SMILES string of the molecule is CC1(C)C(/C=C/C=C/C=C/C=C2\N(CS(=O)(=O)O)c3ccccc3C2(C)CS(=O)(=O)O)=[N+](CS(=O)(=O)O)c2cc(I)cc(I)c21. The van der Waals surface area contributed by atoms with Gasteiger partial charge in [0.2, 0.25) is 5.69 Å². The van der Waals surface area contributed by atoms with E-state index in [0.29, 0.717) is 22.6 Å². The standard InChI is InChI=1S/C29H30I2N2O9S3/c1-28(2)25(33(19-45(40,41)42)24-16-20(30)15-22(31)27(24)28)13-7-5-4-6-8-14-26-29(3,17-43(34,35)36)21-11-9-10-12-23(21)32(26)18-44(37,38)39/h4-16H,17-19H2,1-3H3,(H2-,34,35,36,37,38,39,40,41,42)/p+1. The van der Waals surface area contributed by atoms with E-state index < -0.39 is 58.7 Å². The third kappa shape index (κ3) is 8.14. The van der Waals surface area contributed by atoms with Crippen molar-refractivity contribution < 1.29 is 43.5 Å². The highest BCUT2D eigenvalue weighted by Gasteiger charge is 2.48. The van der Waals surface area contributed by atoms with E-state index >= 15 is 0 Å². The van der Waals surface area contributed by atoms with Gasteiger partial charge in [-0.2, -0.15) is 29.8 Å². The Hall–Kier alpha value is -1.94. The van der Waals surface area contributed by atoms with Crippen molar-refractivity contribution in [2.24, 2.45) is 0 Å². The average molecular weight is 902 g/mol. The summed E-state index contributed by atoms with van der Waals surface area (Å²) in [4.78, 5) is 1.30. The molecule has 0 bridgehead atoms. The van der Waals surface area contributed by atoms with Crippen LogP contribution >= 0.6 is 45.2 Å². The fraction of sp³-hybridized carbons (Fsp3) is 0.276. The maximum absolute atomic E-state index is 12.0. The van der Waals surface area contributed by atoms with Gasteiger partial charge in [0, 0.05) is 30.7 Å². The van der Waals surface area contributed by atoms with Crippen LogP contribution < -0.4 is 4.90 Å². The molecule has 0 radical (unpaired) electrons. The summed E-state index contributed by atoms with van der Waals surface area (Å²) in [7, 11) is -13.4. The topological polar surface area (TPSA) is 169 Å². The molecule has 1 unspecified atom stereocenters. The first-order valence-corrected chi connectivity index (χ1v) is 20.2. The van der Waals surface area contributed by atoms with Gasteiger partial charge in [0.25, 0.3) is 26.1 Å². The van der Waals surface area contributed by atoms with Gasteiger partial charge in [-0.25, -0.2) is 0 Å². The van der Waals surface area contributed by atoms with E-state index in [-0.39, 0.29) is 5.70 Å². The second-order valence-electron chi connectivity index (χ2n) is 11.3. The van der Waals surface area contributed by atoms with E-state index in [0.717, 1.165) is 12.7 Å². The normalized spacial score (nSPS) is 21.2. The Morgan fingerprint density at radius 3 is 2.09 bits per heavy atom. The molecule has 2 aliphatic heterocycles. The molecule has 11 nitrogen and oxygen atoms in total. The zero-order valence-corrected chi connectivity index (χ0v) is 31.1. The summed E-state index contributed by atoms with van der Waals surface area (Å²) in [6, 6.07) is 10.4. The molecule has 3 N–H and O–H groups in total. The van der Waals surface area contributed by atoms with Crippen LogP contribution in [0.5, 0.6) is 0 Å². The Morgan fingerprint density at radius 1 is 0.844 bits per heavy atom. The van der Waals surface area contributed by atoms with Gasteiger partial charge in [0.15, 0.2) is 11.6 Å². The van der Waals surface area contributed by atoms with Crippen molar-refractivity contribution in [3.05, 3.63) is 103 Å². The molecule has 2 aliphatic rings. The van der Waals surface area contributed by atoms with Gasteiger partial charge in [-0.15, -0.1) is 0 Å². The van der Waals surface area contributed by atoms with E-state index in [4.69, 9.17) is 0 Å². The van der Waals surface area contributed by atoms with Gasteiger partial charge in [0.1, 0.15) is 0 Å². The lowest BCUT2D eigenvalue weighted by Gasteiger charge is -2.28. The van der Waals surface area contributed by atoms with E-state index in [1.807, 2.05) is 26.0 Å². The number of nitrogens with zero attached hydrogens (tertiary/aromatic N) is 2. The Bertz CT molecular complexity index is 2030.